The van der Waals surface area contributed by atoms with Crippen molar-refractivity contribution in [3.63, 3.8) is 0 Å². The Bertz CT molecular complexity index is 350. The van der Waals surface area contributed by atoms with Gasteiger partial charge in [-0.05, 0) is 50.5 Å². The Balaban J connectivity index is 2.33. The molecule has 2 rings (SSSR count). The molecule has 0 radical (unpaired) electrons. The third kappa shape index (κ3) is 1.88. The second kappa shape index (κ2) is 4.20. The minimum absolute atomic E-state index is 0.0939. The molecule has 0 spiro atoms. The SMILES string of the molecule is C=C(C)[C@@H]1C(=O)C=C(C)C2CC[C@H](C)C[C@H]21. The van der Waals surface area contributed by atoms with Gasteiger partial charge in [-0.15, -0.1) is 0 Å². The van der Waals surface area contributed by atoms with Gasteiger partial charge in [0.2, 0.25) is 0 Å². The van der Waals surface area contributed by atoms with E-state index in [0.29, 0.717) is 17.6 Å². The highest BCUT2D eigenvalue weighted by Gasteiger charge is 2.41. The molecule has 16 heavy (non-hydrogen) atoms. The fourth-order valence-electron chi connectivity index (χ4n) is 3.60. The molecule has 0 heterocycles. The smallest absolute Gasteiger partial charge is 0.163 e. The lowest BCUT2D eigenvalue weighted by Crippen LogP contribution is -2.38. The van der Waals surface area contributed by atoms with Crippen LogP contribution < -0.4 is 0 Å². The minimum Gasteiger partial charge on any atom is -0.294 e. The van der Waals surface area contributed by atoms with Gasteiger partial charge in [-0.2, -0.15) is 0 Å². The van der Waals surface area contributed by atoms with E-state index in [0.717, 1.165) is 11.5 Å². The first-order valence-electron chi connectivity index (χ1n) is 6.38. The van der Waals surface area contributed by atoms with Gasteiger partial charge in [-0.25, -0.2) is 0 Å². The van der Waals surface area contributed by atoms with Crippen molar-refractivity contribution in [2.75, 3.05) is 0 Å². The summed E-state index contributed by atoms with van der Waals surface area (Å²) in [6.07, 6.45) is 5.63. The molecule has 1 saturated carbocycles. The Morgan fingerprint density at radius 3 is 2.75 bits per heavy atom. The predicted octanol–water partition coefficient (Wildman–Crippen LogP) is 3.76. The molecule has 0 amide bonds. The van der Waals surface area contributed by atoms with Gasteiger partial charge in [0.15, 0.2) is 5.78 Å². The van der Waals surface area contributed by atoms with Gasteiger partial charge in [-0.3, -0.25) is 4.79 Å². The number of fused-ring (bicyclic) bond motifs is 1. The fourth-order valence-corrected chi connectivity index (χ4v) is 3.60. The summed E-state index contributed by atoms with van der Waals surface area (Å²) in [7, 11) is 0. The van der Waals surface area contributed by atoms with Gasteiger partial charge in [0.1, 0.15) is 0 Å². The van der Waals surface area contributed by atoms with Crippen LogP contribution in [0.25, 0.3) is 0 Å². The van der Waals surface area contributed by atoms with Gasteiger partial charge >= 0.3 is 0 Å². The van der Waals surface area contributed by atoms with E-state index in [1.807, 2.05) is 13.0 Å². The number of rotatable bonds is 1. The first kappa shape index (κ1) is 11.6. The summed E-state index contributed by atoms with van der Waals surface area (Å²) in [5.74, 6) is 2.31. The van der Waals surface area contributed by atoms with Crippen LogP contribution in [0.2, 0.25) is 0 Å². The quantitative estimate of drug-likeness (QED) is 0.612. The molecule has 2 aliphatic rings. The molecule has 0 aromatic heterocycles. The molecule has 0 bridgehead atoms. The number of hydrogen-bond acceptors (Lipinski definition) is 1. The van der Waals surface area contributed by atoms with E-state index in [4.69, 9.17) is 0 Å². The maximum atomic E-state index is 12.1. The highest BCUT2D eigenvalue weighted by molar-refractivity contribution is 5.95. The van der Waals surface area contributed by atoms with Gasteiger partial charge in [0.05, 0.1) is 0 Å². The van der Waals surface area contributed by atoms with Crippen LogP contribution in [0.5, 0.6) is 0 Å². The number of hydrogen-bond donors (Lipinski definition) is 0. The van der Waals surface area contributed by atoms with Crippen LogP contribution in [-0.2, 0) is 4.79 Å². The van der Waals surface area contributed by atoms with Crippen molar-refractivity contribution in [3.05, 3.63) is 23.8 Å². The van der Waals surface area contributed by atoms with E-state index >= 15 is 0 Å². The van der Waals surface area contributed by atoms with Crippen molar-refractivity contribution in [2.24, 2.45) is 23.7 Å². The number of carbonyl (C=O) groups excluding carboxylic acids is 1. The first-order valence-corrected chi connectivity index (χ1v) is 6.38. The van der Waals surface area contributed by atoms with Gasteiger partial charge in [0.25, 0.3) is 0 Å². The Morgan fingerprint density at radius 1 is 1.44 bits per heavy atom. The minimum atomic E-state index is 0.0939. The van der Waals surface area contributed by atoms with Crippen LogP contribution in [0.1, 0.15) is 40.0 Å². The zero-order chi connectivity index (χ0) is 11.9. The van der Waals surface area contributed by atoms with Crippen LogP contribution >= 0.6 is 0 Å². The monoisotopic (exact) mass is 218 g/mol. The highest BCUT2D eigenvalue weighted by atomic mass is 16.1. The summed E-state index contributed by atoms with van der Waals surface area (Å²) >= 11 is 0. The summed E-state index contributed by atoms with van der Waals surface area (Å²) in [6, 6.07) is 0. The van der Waals surface area contributed by atoms with E-state index < -0.39 is 0 Å². The number of ketones is 1. The molecular weight excluding hydrogens is 196 g/mol. The van der Waals surface area contributed by atoms with Gasteiger partial charge < -0.3 is 0 Å². The molecule has 4 atom stereocenters. The van der Waals surface area contributed by atoms with Crippen molar-refractivity contribution in [3.8, 4) is 0 Å². The standard InChI is InChI=1S/C15H22O/c1-9(2)15-13-7-10(3)5-6-12(13)11(4)8-14(15)16/h8,10,12-13,15H,1,5-7H2,2-4H3/t10-,12?,13+,15-/m0/s1. The first-order chi connectivity index (χ1) is 7.50. The van der Waals surface area contributed by atoms with Crippen molar-refractivity contribution >= 4 is 5.78 Å². The van der Waals surface area contributed by atoms with Gasteiger partial charge in [0, 0.05) is 5.92 Å². The third-order valence-electron chi connectivity index (χ3n) is 4.38. The van der Waals surface area contributed by atoms with Crippen molar-refractivity contribution in [1.82, 2.24) is 0 Å². The molecule has 0 aromatic carbocycles. The summed E-state index contributed by atoms with van der Waals surface area (Å²) in [5, 5.41) is 0. The molecule has 0 saturated heterocycles. The molecule has 88 valence electrons. The van der Waals surface area contributed by atoms with E-state index in [1.54, 1.807) is 0 Å². The van der Waals surface area contributed by atoms with E-state index in [1.165, 1.54) is 24.8 Å². The molecule has 0 aromatic rings. The zero-order valence-corrected chi connectivity index (χ0v) is 10.6. The molecule has 1 unspecified atom stereocenters. The number of allylic oxidation sites excluding steroid dienone is 3. The molecule has 1 nitrogen and oxygen atoms in total. The maximum Gasteiger partial charge on any atom is 0.163 e. The summed E-state index contributed by atoms with van der Waals surface area (Å²) in [4.78, 5) is 12.1. The average molecular weight is 218 g/mol. The zero-order valence-electron chi connectivity index (χ0n) is 10.6. The topological polar surface area (TPSA) is 17.1 Å². The van der Waals surface area contributed by atoms with Crippen molar-refractivity contribution in [1.29, 1.82) is 0 Å². The van der Waals surface area contributed by atoms with E-state index in [-0.39, 0.29) is 5.92 Å². The van der Waals surface area contributed by atoms with Crippen LogP contribution in [0.15, 0.2) is 23.8 Å². The van der Waals surface area contributed by atoms with Crippen LogP contribution in [0.4, 0.5) is 0 Å². The molecule has 2 aliphatic carbocycles. The summed E-state index contributed by atoms with van der Waals surface area (Å²) in [5.41, 5.74) is 2.36. The Hall–Kier alpha value is -0.850. The van der Waals surface area contributed by atoms with E-state index in [9.17, 15) is 4.79 Å². The average Bonchev–Trinajstić information content (AvgIpc) is 2.15. The summed E-state index contributed by atoms with van der Waals surface area (Å²) in [6.45, 7) is 10.5. The molecule has 0 aliphatic heterocycles. The second-order valence-corrected chi connectivity index (χ2v) is 5.80. The largest absolute Gasteiger partial charge is 0.294 e. The summed E-state index contributed by atoms with van der Waals surface area (Å²) < 4.78 is 0. The molecule has 0 N–H and O–H groups in total. The molecule has 1 heteroatoms. The highest BCUT2D eigenvalue weighted by Crippen LogP contribution is 2.46. The predicted molar refractivity (Wildman–Crippen MR) is 67.1 cm³/mol. The number of carbonyl (C=O) groups is 1. The lowest BCUT2D eigenvalue weighted by Gasteiger charge is -2.42. The van der Waals surface area contributed by atoms with Crippen molar-refractivity contribution in [2.45, 2.75) is 40.0 Å². The van der Waals surface area contributed by atoms with Crippen molar-refractivity contribution < 1.29 is 4.79 Å². The molecular formula is C15H22O. The fraction of sp³-hybridized carbons (Fsp3) is 0.667. The van der Waals surface area contributed by atoms with E-state index in [2.05, 4.69) is 20.4 Å². The Kier molecular flexibility index (Phi) is 3.05. The second-order valence-electron chi connectivity index (χ2n) is 5.80. The maximum absolute atomic E-state index is 12.1. The van der Waals surface area contributed by atoms with Crippen LogP contribution in [0.3, 0.4) is 0 Å². The van der Waals surface area contributed by atoms with Gasteiger partial charge in [-0.1, -0.05) is 31.1 Å². The molecule has 1 fully saturated rings. The van der Waals surface area contributed by atoms with Crippen LogP contribution in [0, 0.1) is 23.7 Å². The Morgan fingerprint density at radius 2 is 2.12 bits per heavy atom. The lowest BCUT2D eigenvalue weighted by molar-refractivity contribution is -0.120. The lowest BCUT2D eigenvalue weighted by atomic mass is 9.61. The Labute approximate surface area is 98.6 Å². The van der Waals surface area contributed by atoms with Crippen LogP contribution in [-0.4, -0.2) is 5.78 Å². The third-order valence-corrected chi connectivity index (χ3v) is 4.38. The normalized spacial score (nSPS) is 38.9.